The second kappa shape index (κ2) is 6.48. The third kappa shape index (κ3) is 3.04. The van der Waals surface area contributed by atoms with E-state index in [9.17, 15) is 9.18 Å². The molecule has 124 valence electrons. The lowest BCUT2D eigenvalue weighted by molar-refractivity contribution is 0.0924. The minimum absolute atomic E-state index is 0.263. The SMILES string of the molecule is CCc1ccc2oc(C(=O)NCc3cc(F)ccc3C)c(C)c2c1. The molecule has 3 nitrogen and oxygen atoms in total. The van der Waals surface area contributed by atoms with E-state index < -0.39 is 0 Å². The monoisotopic (exact) mass is 325 g/mol. The van der Waals surface area contributed by atoms with E-state index in [1.54, 1.807) is 6.07 Å². The molecule has 1 heterocycles. The number of carbonyl (C=O) groups excluding carboxylic acids is 1. The van der Waals surface area contributed by atoms with Crippen molar-refractivity contribution in [1.82, 2.24) is 5.32 Å². The van der Waals surface area contributed by atoms with E-state index in [0.717, 1.165) is 28.5 Å². The zero-order chi connectivity index (χ0) is 17.3. The average molecular weight is 325 g/mol. The molecule has 0 fully saturated rings. The van der Waals surface area contributed by atoms with Gasteiger partial charge in [0.2, 0.25) is 0 Å². The van der Waals surface area contributed by atoms with E-state index >= 15 is 0 Å². The van der Waals surface area contributed by atoms with Crippen LogP contribution >= 0.6 is 0 Å². The molecule has 0 atom stereocenters. The van der Waals surface area contributed by atoms with Gasteiger partial charge in [-0.1, -0.05) is 19.1 Å². The molecule has 1 amide bonds. The Bertz CT molecular complexity index is 911. The van der Waals surface area contributed by atoms with Crippen LogP contribution in [0.15, 0.2) is 40.8 Å². The predicted molar refractivity (Wildman–Crippen MR) is 92.6 cm³/mol. The third-order valence-electron chi connectivity index (χ3n) is 4.37. The van der Waals surface area contributed by atoms with Gasteiger partial charge >= 0.3 is 0 Å². The summed E-state index contributed by atoms with van der Waals surface area (Å²) in [6, 6.07) is 10.5. The topological polar surface area (TPSA) is 42.2 Å². The molecular formula is C20H20FNO2. The second-order valence-electron chi connectivity index (χ2n) is 5.99. The van der Waals surface area contributed by atoms with Gasteiger partial charge in [-0.05, 0) is 61.2 Å². The molecule has 24 heavy (non-hydrogen) atoms. The van der Waals surface area contributed by atoms with Gasteiger partial charge in [0.25, 0.3) is 5.91 Å². The van der Waals surface area contributed by atoms with Crippen LogP contribution < -0.4 is 5.32 Å². The van der Waals surface area contributed by atoms with Crippen LogP contribution in [0.4, 0.5) is 4.39 Å². The fourth-order valence-corrected chi connectivity index (χ4v) is 2.79. The molecule has 4 heteroatoms. The number of halogens is 1. The summed E-state index contributed by atoms with van der Waals surface area (Å²) in [5.41, 5.74) is 4.43. The van der Waals surface area contributed by atoms with Crippen LogP contribution in [-0.2, 0) is 13.0 Å². The van der Waals surface area contributed by atoms with E-state index in [1.165, 1.54) is 17.7 Å². The summed E-state index contributed by atoms with van der Waals surface area (Å²) in [6.07, 6.45) is 0.931. The van der Waals surface area contributed by atoms with Crippen molar-refractivity contribution in [2.75, 3.05) is 0 Å². The van der Waals surface area contributed by atoms with Crippen molar-refractivity contribution >= 4 is 16.9 Å². The van der Waals surface area contributed by atoms with Crippen molar-refractivity contribution in [3.05, 3.63) is 70.2 Å². The number of furan rings is 1. The van der Waals surface area contributed by atoms with Crippen molar-refractivity contribution in [1.29, 1.82) is 0 Å². The van der Waals surface area contributed by atoms with Gasteiger partial charge in [-0.3, -0.25) is 4.79 Å². The predicted octanol–water partition coefficient (Wildman–Crippen LogP) is 4.68. The van der Waals surface area contributed by atoms with Crippen molar-refractivity contribution in [3.63, 3.8) is 0 Å². The Morgan fingerprint density at radius 1 is 1.17 bits per heavy atom. The molecule has 0 spiro atoms. The first-order valence-electron chi connectivity index (χ1n) is 8.05. The summed E-state index contributed by atoms with van der Waals surface area (Å²) in [7, 11) is 0. The Hall–Kier alpha value is -2.62. The molecule has 0 saturated heterocycles. The fraction of sp³-hybridized carbons (Fsp3) is 0.250. The first-order valence-corrected chi connectivity index (χ1v) is 8.05. The van der Waals surface area contributed by atoms with E-state index in [4.69, 9.17) is 4.42 Å². The van der Waals surface area contributed by atoms with Crippen molar-refractivity contribution < 1.29 is 13.6 Å². The Balaban J connectivity index is 1.83. The lowest BCUT2D eigenvalue weighted by atomic mass is 10.1. The van der Waals surface area contributed by atoms with E-state index in [0.29, 0.717) is 11.3 Å². The molecule has 0 radical (unpaired) electrons. The van der Waals surface area contributed by atoms with Crippen LogP contribution in [0, 0.1) is 19.7 Å². The summed E-state index contributed by atoms with van der Waals surface area (Å²) < 4.78 is 19.1. The van der Waals surface area contributed by atoms with Crippen LogP contribution in [0.2, 0.25) is 0 Å². The Kier molecular flexibility index (Phi) is 4.38. The highest BCUT2D eigenvalue weighted by Gasteiger charge is 2.17. The number of rotatable bonds is 4. The van der Waals surface area contributed by atoms with Gasteiger partial charge < -0.3 is 9.73 Å². The summed E-state index contributed by atoms with van der Waals surface area (Å²) in [6.45, 7) is 6.12. The number of nitrogens with one attached hydrogen (secondary N) is 1. The number of fused-ring (bicyclic) bond motifs is 1. The zero-order valence-electron chi connectivity index (χ0n) is 14.1. The van der Waals surface area contributed by atoms with Crippen molar-refractivity contribution in [3.8, 4) is 0 Å². The molecule has 0 unspecified atom stereocenters. The number of amides is 1. The van der Waals surface area contributed by atoms with E-state index in [-0.39, 0.29) is 18.3 Å². The summed E-state index contributed by atoms with van der Waals surface area (Å²) in [4.78, 5) is 12.5. The summed E-state index contributed by atoms with van der Waals surface area (Å²) in [5.74, 6) is -0.283. The van der Waals surface area contributed by atoms with Crippen molar-refractivity contribution in [2.45, 2.75) is 33.7 Å². The molecule has 3 rings (SSSR count). The Morgan fingerprint density at radius 2 is 1.96 bits per heavy atom. The van der Waals surface area contributed by atoms with Gasteiger partial charge in [-0.2, -0.15) is 0 Å². The summed E-state index contributed by atoms with van der Waals surface area (Å²) >= 11 is 0. The maximum atomic E-state index is 13.3. The molecule has 0 bridgehead atoms. The normalized spacial score (nSPS) is 11.0. The maximum Gasteiger partial charge on any atom is 0.287 e. The molecule has 0 aliphatic carbocycles. The summed E-state index contributed by atoms with van der Waals surface area (Å²) in [5, 5.41) is 3.77. The molecule has 0 saturated carbocycles. The molecule has 2 aromatic carbocycles. The smallest absolute Gasteiger partial charge is 0.287 e. The van der Waals surface area contributed by atoms with E-state index in [1.807, 2.05) is 26.0 Å². The lowest BCUT2D eigenvalue weighted by Crippen LogP contribution is -2.23. The van der Waals surface area contributed by atoms with Crippen LogP contribution in [0.5, 0.6) is 0 Å². The highest BCUT2D eigenvalue weighted by molar-refractivity contribution is 5.99. The van der Waals surface area contributed by atoms with Gasteiger partial charge in [-0.25, -0.2) is 4.39 Å². The molecule has 0 aliphatic heterocycles. The highest BCUT2D eigenvalue weighted by Crippen LogP contribution is 2.26. The number of hydrogen-bond acceptors (Lipinski definition) is 2. The van der Waals surface area contributed by atoms with Crippen LogP contribution in [0.1, 0.15) is 39.7 Å². The molecule has 1 aromatic heterocycles. The number of benzene rings is 2. The minimum Gasteiger partial charge on any atom is -0.451 e. The van der Waals surface area contributed by atoms with Gasteiger partial charge in [-0.15, -0.1) is 0 Å². The first kappa shape index (κ1) is 16.2. The Labute approximate surface area is 140 Å². The molecule has 3 aromatic rings. The first-order chi connectivity index (χ1) is 11.5. The molecular weight excluding hydrogens is 305 g/mol. The fourth-order valence-electron chi connectivity index (χ4n) is 2.79. The van der Waals surface area contributed by atoms with Crippen LogP contribution in [-0.4, -0.2) is 5.91 Å². The highest BCUT2D eigenvalue weighted by atomic mass is 19.1. The van der Waals surface area contributed by atoms with Crippen LogP contribution in [0.25, 0.3) is 11.0 Å². The average Bonchev–Trinajstić information content (AvgIpc) is 2.91. The number of carbonyl (C=O) groups is 1. The maximum absolute atomic E-state index is 13.3. The second-order valence-corrected chi connectivity index (χ2v) is 5.99. The number of hydrogen-bond donors (Lipinski definition) is 1. The lowest BCUT2D eigenvalue weighted by Gasteiger charge is -2.07. The Morgan fingerprint density at radius 3 is 2.71 bits per heavy atom. The third-order valence-corrected chi connectivity index (χ3v) is 4.37. The largest absolute Gasteiger partial charge is 0.451 e. The van der Waals surface area contributed by atoms with Gasteiger partial charge in [0, 0.05) is 17.5 Å². The van der Waals surface area contributed by atoms with Gasteiger partial charge in [0.15, 0.2) is 5.76 Å². The zero-order valence-corrected chi connectivity index (χ0v) is 14.1. The minimum atomic E-state index is -0.308. The number of aryl methyl sites for hydroxylation is 3. The quantitative estimate of drug-likeness (QED) is 0.756. The standard InChI is InChI=1S/C20H20FNO2/c1-4-14-6-8-18-17(9-14)13(3)19(24-18)20(23)22-11-15-10-16(21)7-5-12(15)2/h5-10H,4,11H2,1-3H3,(H,22,23). The van der Waals surface area contributed by atoms with Crippen LogP contribution in [0.3, 0.4) is 0 Å². The van der Waals surface area contributed by atoms with E-state index in [2.05, 4.69) is 18.3 Å². The van der Waals surface area contributed by atoms with Crippen molar-refractivity contribution in [2.24, 2.45) is 0 Å². The molecule has 0 aliphatic rings. The van der Waals surface area contributed by atoms with Gasteiger partial charge in [0.1, 0.15) is 11.4 Å². The van der Waals surface area contributed by atoms with Gasteiger partial charge in [0.05, 0.1) is 0 Å². The molecule has 1 N–H and O–H groups in total.